The van der Waals surface area contributed by atoms with Gasteiger partial charge in [0, 0.05) is 18.7 Å². The van der Waals surface area contributed by atoms with Gasteiger partial charge < -0.3 is 10.0 Å². The lowest BCUT2D eigenvalue weighted by molar-refractivity contribution is -0.0454. The molecule has 1 atom stereocenters. The highest BCUT2D eigenvalue weighted by molar-refractivity contribution is 8.14. The van der Waals surface area contributed by atoms with Crippen LogP contribution in [0, 0.1) is 0 Å². The maximum absolute atomic E-state index is 11.7. The van der Waals surface area contributed by atoms with Crippen molar-refractivity contribution in [2.75, 3.05) is 18.8 Å². The van der Waals surface area contributed by atoms with E-state index in [4.69, 9.17) is 28.3 Å². The van der Waals surface area contributed by atoms with Crippen LogP contribution < -0.4 is 5.14 Å². The minimum atomic E-state index is -4.03. The summed E-state index contributed by atoms with van der Waals surface area (Å²) in [5.74, 6) is 0.269. The Kier molecular flexibility index (Phi) is 5.55. The third kappa shape index (κ3) is 3.47. The number of hydrogen-bond acceptors (Lipinski definition) is 5. The van der Waals surface area contributed by atoms with Crippen LogP contribution in [0.4, 0.5) is 0 Å². The zero-order valence-electron chi connectivity index (χ0n) is 12.6. The zero-order chi connectivity index (χ0) is 17.4. The third-order valence-electron chi connectivity index (χ3n) is 3.45. The summed E-state index contributed by atoms with van der Waals surface area (Å²) in [6.45, 7) is 4.82. The Morgan fingerprint density at radius 1 is 1.39 bits per heavy atom. The summed E-state index contributed by atoms with van der Waals surface area (Å²) >= 11 is 13.5. The Morgan fingerprint density at radius 3 is 2.57 bits per heavy atom. The van der Waals surface area contributed by atoms with E-state index >= 15 is 0 Å². The van der Waals surface area contributed by atoms with Crippen molar-refractivity contribution in [2.24, 2.45) is 10.1 Å². The van der Waals surface area contributed by atoms with Crippen molar-refractivity contribution >= 4 is 50.2 Å². The number of halogens is 2. The van der Waals surface area contributed by atoms with Gasteiger partial charge in [-0.2, -0.15) is 0 Å². The summed E-state index contributed by atoms with van der Waals surface area (Å²) in [5.41, 5.74) is -1.24. The number of rotatable bonds is 4. The highest BCUT2D eigenvalue weighted by atomic mass is 35.5. The van der Waals surface area contributed by atoms with Gasteiger partial charge in [-0.3, -0.25) is 4.99 Å². The number of hydrogen-bond donors (Lipinski definition) is 2. The van der Waals surface area contributed by atoms with Gasteiger partial charge in [-0.05, 0) is 26.0 Å². The molecule has 0 saturated carbocycles. The lowest BCUT2D eigenvalue weighted by Crippen LogP contribution is -2.45. The smallest absolute Gasteiger partial charge is 0.239 e. The summed E-state index contributed by atoms with van der Waals surface area (Å²) in [6.07, 6.45) is 0. The maximum Gasteiger partial charge on any atom is 0.239 e. The van der Waals surface area contributed by atoms with Gasteiger partial charge in [0.05, 0.1) is 15.8 Å². The molecule has 6 nitrogen and oxygen atoms in total. The number of thioether (sulfide) groups is 1. The molecule has 0 aliphatic carbocycles. The van der Waals surface area contributed by atoms with Crippen molar-refractivity contribution in [3.8, 4) is 0 Å². The summed E-state index contributed by atoms with van der Waals surface area (Å²) < 4.78 is 23.4. The van der Waals surface area contributed by atoms with Crippen LogP contribution in [-0.4, -0.2) is 42.4 Å². The average Bonchev–Trinajstić information content (AvgIpc) is 2.75. The van der Waals surface area contributed by atoms with E-state index in [1.807, 2.05) is 13.8 Å². The second-order valence-electron chi connectivity index (χ2n) is 4.91. The van der Waals surface area contributed by atoms with Crippen LogP contribution >= 0.6 is 35.0 Å². The number of primary sulfonamides is 1. The Morgan fingerprint density at radius 2 is 2.04 bits per heavy atom. The summed E-state index contributed by atoms with van der Waals surface area (Å²) in [5, 5.41) is 17.1. The van der Waals surface area contributed by atoms with Gasteiger partial charge in [0.1, 0.15) is 4.90 Å². The molecule has 0 bridgehead atoms. The van der Waals surface area contributed by atoms with Gasteiger partial charge in [-0.25, -0.2) is 13.6 Å². The van der Waals surface area contributed by atoms with E-state index in [1.165, 1.54) is 23.9 Å². The fourth-order valence-electron chi connectivity index (χ4n) is 2.42. The van der Waals surface area contributed by atoms with Crippen molar-refractivity contribution in [3.63, 3.8) is 0 Å². The predicted octanol–water partition coefficient (Wildman–Crippen LogP) is 2.23. The first kappa shape index (κ1) is 18.8. The fraction of sp³-hybridized carbons (Fsp3) is 0.462. The molecule has 1 heterocycles. The molecular weight excluding hydrogens is 381 g/mol. The first-order valence-corrected chi connectivity index (χ1v) is 10.1. The summed E-state index contributed by atoms with van der Waals surface area (Å²) in [4.78, 5) is 5.76. The molecule has 0 radical (unpaired) electrons. The van der Waals surface area contributed by atoms with Crippen LogP contribution in [0.3, 0.4) is 0 Å². The Balaban J connectivity index is 2.63. The van der Waals surface area contributed by atoms with E-state index in [0.29, 0.717) is 18.3 Å². The number of amidine groups is 1. The minimum Gasteiger partial charge on any atom is -0.366 e. The number of nitrogens with zero attached hydrogens (tertiary/aromatic N) is 2. The molecule has 10 heteroatoms. The Labute approximate surface area is 149 Å². The van der Waals surface area contributed by atoms with Gasteiger partial charge in [0.25, 0.3) is 0 Å². The molecule has 0 spiro atoms. The number of aliphatic imine (C=N–C) groups is 1. The number of sulfonamides is 1. The van der Waals surface area contributed by atoms with E-state index in [0.717, 1.165) is 0 Å². The summed E-state index contributed by atoms with van der Waals surface area (Å²) in [6, 6.07) is 2.52. The second kappa shape index (κ2) is 6.78. The van der Waals surface area contributed by atoms with E-state index < -0.39 is 15.7 Å². The predicted molar refractivity (Wildman–Crippen MR) is 94.5 cm³/mol. The van der Waals surface area contributed by atoms with E-state index in [9.17, 15) is 13.5 Å². The Hall–Kier alpha value is -0.510. The lowest BCUT2D eigenvalue weighted by atomic mass is 10.0. The molecule has 0 aromatic heterocycles. The standard InChI is InChI=1S/C13H17Cl2N3O3S2/c1-3-17-12-18(4-2)13(19,7-22-12)8-5-11(23(16,20)21)10(15)6-9(8)14/h5-6,19H,3-4,7H2,1-2H3,(H2,16,20,21). The quantitative estimate of drug-likeness (QED) is 0.811. The number of nitrogens with two attached hydrogens (primary N) is 1. The van der Waals surface area contributed by atoms with Crippen molar-refractivity contribution in [2.45, 2.75) is 24.5 Å². The first-order valence-electron chi connectivity index (χ1n) is 6.84. The average molecular weight is 398 g/mol. The lowest BCUT2D eigenvalue weighted by Gasteiger charge is -2.34. The molecule has 1 unspecified atom stereocenters. The maximum atomic E-state index is 11.7. The molecule has 1 aromatic carbocycles. The van der Waals surface area contributed by atoms with Crippen LogP contribution in [-0.2, 0) is 15.7 Å². The molecular formula is C13H17Cl2N3O3S2. The van der Waals surface area contributed by atoms with Crippen LogP contribution in [0.1, 0.15) is 19.4 Å². The largest absolute Gasteiger partial charge is 0.366 e. The first-order chi connectivity index (χ1) is 10.6. The van der Waals surface area contributed by atoms with E-state index in [-0.39, 0.29) is 26.3 Å². The molecule has 1 aliphatic heterocycles. The SMILES string of the molecule is CCN=C1SCC(O)(c2cc(S(N)(=O)=O)c(Cl)cc2Cl)N1CC. The van der Waals surface area contributed by atoms with Crippen LogP contribution in [0.15, 0.2) is 22.0 Å². The van der Waals surface area contributed by atoms with Crippen molar-refractivity contribution in [1.82, 2.24) is 4.90 Å². The normalized spacial score (nSPS) is 23.7. The van der Waals surface area contributed by atoms with Crippen LogP contribution in [0.25, 0.3) is 0 Å². The fourth-order valence-corrected chi connectivity index (χ4v) is 5.19. The molecule has 1 fully saturated rings. The topological polar surface area (TPSA) is 96.0 Å². The van der Waals surface area contributed by atoms with Gasteiger partial charge in [-0.1, -0.05) is 35.0 Å². The minimum absolute atomic E-state index is 0.0824. The highest BCUT2D eigenvalue weighted by Crippen LogP contribution is 2.43. The highest BCUT2D eigenvalue weighted by Gasteiger charge is 2.45. The number of aliphatic hydroxyl groups is 1. The zero-order valence-corrected chi connectivity index (χ0v) is 15.7. The molecule has 23 heavy (non-hydrogen) atoms. The monoisotopic (exact) mass is 397 g/mol. The van der Waals surface area contributed by atoms with Gasteiger partial charge in [0.2, 0.25) is 10.0 Å². The van der Waals surface area contributed by atoms with E-state index in [1.54, 1.807) is 4.90 Å². The molecule has 1 aliphatic rings. The molecule has 3 N–H and O–H groups in total. The van der Waals surface area contributed by atoms with E-state index in [2.05, 4.69) is 4.99 Å². The molecule has 128 valence electrons. The van der Waals surface area contributed by atoms with Crippen LogP contribution in [0.5, 0.6) is 0 Å². The van der Waals surface area contributed by atoms with Crippen LogP contribution in [0.2, 0.25) is 10.0 Å². The van der Waals surface area contributed by atoms with Crippen molar-refractivity contribution < 1.29 is 13.5 Å². The molecule has 1 saturated heterocycles. The number of benzene rings is 1. The summed E-state index contributed by atoms with van der Waals surface area (Å²) in [7, 11) is -4.03. The molecule has 1 aromatic rings. The van der Waals surface area contributed by atoms with Gasteiger partial charge in [0.15, 0.2) is 10.9 Å². The van der Waals surface area contributed by atoms with Gasteiger partial charge >= 0.3 is 0 Å². The van der Waals surface area contributed by atoms with Gasteiger partial charge in [-0.15, -0.1) is 0 Å². The second-order valence-corrected chi connectivity index (χ2v) is 8.20. The Bertz CT molecular complexity index is 755. The van der Waals surface area contributed by atoms with Crippen molar-refractivity contribution in [1.29, 1.82) is 0 Å². The molecule has 2 rings (SSSR count). The molecule has 0 amide bonds. The third-order valence-corrected chi connectivity index (χ3v) is 6.29. The van der Waals surface area contributed by atoms with Crippen molar-refractivity contribution in [3.05, 3.63) is 27.7 Å².